The quantitative estimate of drug-likeness (QED) is 0.655. The molecule has 1 aromatic carbocycles. The molecule has 0 saturated carbocycles. The Labute approximate surface area is 170 Å². The number of benzene rings is 1. The topological polar surface area (TPSA) is 78.4 Å². The number of anilines is 1. The van der Waals surface area contributed by atoms with Gasteiger partial charge in [-0.2, -0.15) is 0 Å². The third-order valence-corrected chi connectivity index (χ3v) is 6.14. The zero-order chi connectivity index (χ0) is 20.9. The molecule has 0 aliphatic carbocycles. The lowest BCUT2D eigenvalue weighted by Crippen LogP contribution is -2.44. The van der Waals surface area contributed by atoms with Gasteiger partial charge in [0.2, 0.25) is 0 Å². The third-order valence-electron chi connectivity index (χ3n) is 5.03. The van der Waals surface area contributed by atoms with Crippen LogP contribution >= 0.6 is 11.8 Å². The molecule has 0 fully saturated rings. The summed E-state index contributed by atoms with van der Waals surface area (Å²) in [5.41, 5.74) is 1.87. The number of hydrogen-bond donors (Lipinski definition) is 3. The van der Waals surface area contributed by atoms with Crippen LogP contribution in [0.1, 0.15) is 52.7 Å². The van der Waals surface area contributed by atoms with Gasteiger partial charge in [-0.25, -0.2) is 0 Å². The monoisotopic (exact) mass is 400 g/mol. The van der Waals surface area contributed by atoms with E-state index in [1.807, 2.05) is 38.3 Å². The number of carbonyl (C=O) groups is 2. The van der Waals surface area contributed by atoms with Gasteiger partial charge in [0.25, 0.3) is 5.91 Å². The fourth-order valence-electron chi connectivity index (χ4n) is 3.45. The molecule has 28 heavy (non-hydrogen) atoms. The second-order valence-corrected chi connectivity index (χ2v) is 10.4. The fraction of sp³-hybridized carbons (Fsp3) is 0.455. The Balaban J connectivity index is 1.94. The minimum absolute atomic E-state index is 0.0608. The van der Waals surface area contributed by atoms with Crippen LogP contribution < -0.4 is 10.6 Å². The van der Waals surface area contributed by atoms with Crippen LogP contribution in [0.5, 0.6) is 5.75 Å². The van der Waals surface area contributed by atoms with E-state index in [1.54, 1.807) is 6.07 Å². The van der Waals surface area contributed by atoms with Gasteiger partial charge < -0.3 is 15.7 Å². The van der Waals surface area contributed by atoms with Crippen LogP contribution in [0, 0.1) is 0 Å². The van der Waals surface area contributed by atoms with Gasteiger partial charge in [0, 0.05) is 18.0 Å². The predicted octanol–water partition coefficient (Wildman–Crippen LogP) is 3.98. The second kappa shape index (κ2) is 6.99. The van der Waals surface area contributed by atoms with Crippen LogP contribution in [-0.2, 0) is 20.4 Å². The van der Waals surface area contributed by atoms with Crippen molar-refractivity contribution in [2.24, 2.45) is 0 Å². The first kappa shape index (κ1) is 20.5. The molecular formula is C22H28N2O3S. The van der Waals surface area contributed by atoms with Crippen LogP contribution in [0.15, 0.2) is 35.4 Å². The summed E-state index contributed by atoms with van der Waals surface area (Å²) in [4.78, 5) is 25.6. The number of amides is 1. The highest BCUT2D eigenvalue weighted by Gasteiger charge is 2.38. The maximum absolute atomic E-state index is 12.9. The second-order valence-electron chi connectivity index (χ2n) is 9.37. The Morgan fingerprint density at radius 3 is 2.36 bits per heavy atom. The number of phenols is 1. The Hall–Kier alpha value is -2.21. The Morgan fingerprint density at radius 2 is 1.75 bits per heavy atom. The molecule has 0 bridgehead atoms. The molecular weight excluding hydrogens is 372 g/mol. The van der Waals surface area contributed by atoms with Crippen LogP contribution in [-0.4, -0.2) is 28.1 Å². The number of nitrogens with one attached hydrogen (secondary N) is 2. The van der Waals surface area contributed by atoms with E-state index < -0.39 is 5.91 Å². The molecule has 0 aromatic heterocycles. The zero-order valence-electron chi connectivity index (χ0n) is 17.2. The molecule has 0 spiro atoms. The van der Waals surface area contributed by atoms with Gasteiger partial charge in [0.1, 0.15) is 5.75 Å². The largest absolute Gasteiger partial charge is 0.508 e. The van der Waals surface area contributed by atoms with Crippen LogP contribution in [0.3, 0.4) is 0 Å². The van der Waals surface area contributed by atoms with Crippen molar-refractivity contribution in [3.05, 3.63) is 46.5 Å². The Bertz CT molecular complexity index is 888. The summed E-state index contributed by atoms with van der Waals surface area (Å²) in [5.74, 6) is -0.505. The fourth-order valence-corrected chi connectivity index (χ4v) is 4.47. The number of aromatic hydroxyl groups is 1. The van der Waals surface area contributed by atoms with Gasteiger partial charge in [-0.05, 0) is 33.4 Å². The number of thioether (sulfide) groups is 1. The number of rotatable bonds is 2. The van der Waals surface area contributed by atoms with Crippen molar-refractivity contribution in [1.82, 2.24) is 5.32 Å². The summed E-state index contributed by atoms with van der Waals surface area (Å²) >= 11 is 1.42. The van der Waals surface area contributed by atoms with Crippen LogP contribution in [0.25, 0.3) is 0 Å². The smallest absolute Gasteiger partial charge is 0.260 e. The molecule has 3 N–H and O–H groups in total. The number of ketones is 1. The van der Waals surface area contributed by atoms with E-state index in [1.165, 1.54) is 18.0 Å². The van der Waals surface area contributed by atoms with E-state index >= 15 is 0 Å². The third kappa shape index (κ3) is 3.83. The summed E-state index contributed by atoms with van der Waals surface area (Å²) in [6, 6.07) is 3.48. The number of phenolic OH excluding ortho intramolecular Hbond substituents is 1. The van der Waals surface area contributed by atoms with Crippen molar-refractivity contribution in [1.29, 1.82) is 0 Å². The number of carbonyl (C=O) groups excluding carboxylic acids is 2. The molecule has 2 unspecified atom stereocenters. The summed E-state index contributed by atoms with van der Waals surface area (Å²) in [6.07, 6.45) is 3.43. The minimum atomic E-state index is -0.461. The standard InChI is InChI=1S/C22H28N2O3S/c1-21(2,3)13-9-14(22(4,5)6)17(25)10-16(13)24-20(27)12-11-23-15-7-8-28-19(15)18(12)26/h7-11,15,19,23,25H,1-6H3,(H,24,27). The Kier molecular flexibility index (Phi) is 5.13. The summed E-state index contributed by atoms with van der Waals surface area (Å²) < 4.78 is 0. The lowest BCUT2D eigenvalue weighted by molar-refractivity contribution is -0.120. The summed E-state index contributed by atoms with van der Waals surface area (Å²) in [5, 5.41) is 18.1. The number of Topliss-reactive ketones (excluding diaryl/α,β-unsaturated/α-hetero) is 1. The molecule has 2 atom stereocenters. The minimum Gasteiger partial charge on any atom is -0.508 e. The maximum atomic E-state index is 12.9. The lowest BCUT2D eigenvalue weighted by atomic mass is 9.79. The highest BCUT2D eigenvalue weighted by Crippen LogP contribution is 2.40. The first-order valence-corrected chi connectivity index (χ1v) is 10.4. The van der Waals surface area contributed by atoms with E-state index in [2.05, 4.69) is 31.4 Å². The first-order chi connectivity index (χ1) is 12.9. The molecule has 0 radical (unpaired) electrons. The van der Waals surface area contributed by atoms with Gasteiger partial charge in [-0.1, -0.05) is 47.6 Å². The number of fused-ring (bicyclic) bond motifs is 1. The molecule has 2 aliphatic rings. The normalized spacial score (nSPS) is 21.8. The van der Waals surface area contributed by atoms with Gasteiger partial charge in [-0.15, -0.1) is 11.8 Å². The SMILES string of the molecule is CC(C)(C)c1cc(C(C)(C)C)c(NC(=O)C2=CNC3C=CSC3C2=O)cc1O. The molecule has 0 saturated heterocycles. The average Bonchev–Trinajstić information content (AvgIpc) is 3.02. The van der Waals surface area contributed by atoms with Crippen molar-refractivity contribution in [2.45, 2.75) is 63.7 Å². The maximum Gasteiger partial charge on any atom is 0.260 e. The van der Waals surface area contributed by atoms with Gasteiger partial charge in [0.05, 0.1) is 16.9 Å². The molecule has 2 heterocycles. The van der Waals surface area contributed by atoms with E-state index in [-0.39, 0.29) is 39.2 Å². The van der Waals surface area contributed by atoms with Crippen molar-refractivity contribution in [2.75, 3.05) is 5.32 Å². The number of hydrogen-bond acceptors (Lipinski definition) is 5. The average molecular weight is 401 g/mol. The van der Waals surface area contributed by atoms with E-state index in [0.29, 0.717) is 5.69 Å². The molecule has 3 rings (SSSR count). The van der Waals surface area contributed by atoms with E-state index in [9.17, 15) is 14.7 Å². The van der Waals surface area contributed by atoms with E-state index in [4.69, 9.17) is 0 Å². The molecule has 5 nitrogen and oxygen atoms in total. The molecule has 150 valence electrons. The highest BCUT2D eigenvalue weighted by atomic mass is 32.2. The lowest BCUT2D eigenvalue weighted by Gasteiger charge is -2.29. The molecule has 1 aromatic rings. The van der Waals surface area contributed by atoms with Gasteiger partial charge >= 0.3 is 0 Å². The summed E-state index contributed by atoms with van der Waals surface area (Å²) in [7, 11) is 0. The van der Waals surface area contributed by atoms with Crippen molar-refractivity contribution >= 4 is 29.1 Å². The zero-order valence-corrected chi connectivity index (χ0v) is 18.0. The highest BCUT2D eigenvalue weighted by molar-refractivity contribution is 8.03. The molecule has 6 heteroatoms. The van der Waals surface area contributed by atoms with Crippen LogP contribution in [0.4, 0.5) is 5.69 Å². The predicted molar refractivity (Wildman–Crippen MR) is 115 cm³/mol. The van der Waals surface area contributed by atoms with E-state index in [0.717, 1.165) is 11.1 Å². The summed E-state index contributed by atoms with van der Waals surface area (Å²) in [6.45, 7) is 12.3. The van der Waals surface area contributed by atoms with Crippen molar-refractivity contribution in [3.63, 3.8) is 0 Å². The molecule has 1 amide bonds. The first-order valence-electron chi connectivity index (χ1n) is 9.41. The van der Waals surface area contributed by atoms with Gasteiger partial charge in [-0.3, -0.25) is 9.59 Å². The molecule has 2 aliphatic heterocycles. The Morgan fingerprint density at radius 1 is 1.11 bits per heavy atom. The van der Waals surface area contributed by atoms with Crippen molar-refractivity contribution < 1.29 is 14.7 Å². The van der Waals surface area contributed by atoms with Crippen LogP contribution in [0.2, 0.25) is 0 Å². The van der Waals surface area contributed by atoms with Gasteiger partial charge in [0.15, 0.2) is 5.78 Å². The van der Waals surface area contributed by atoms with Crippen molar-refractivity contribution in [3.8, 4) is 5.75 Å².